The quantitative estimate of drug-likeness (QED) is 0.679. The van der Waals surface area contributed by atoms with Crippen LogP contribution < -0.4 is 0 Å². The number of carboxylic acids is 1. The summed E-state index contributed by atoms with van der Waals surface area (Å²) in [5.74, 6) is -0.882. The minimum absolute atomic E-state index is 0.0156. The van der Waals surface area contributed by atoms with Gasteiger partial charge in [-0.05, 0) is 18.6 Å². The lowest BCUT2D eigenvalue weighted by atomic mass is 10.3. The van der Waals surface area contributed by atoms with E-state index in [4.69, 9.17) is 16.7 Å². The van der Waals surface area contributed by atoms with Gasteiger partial charge in [-0.2, -0.15) is 0 Å². The maximum Gasteiger partial charge on any atom is 0.352 e. The molecule has 0 radical (unpaired) electrons. The van der Waals surface area contributed by atoms with Crippen LogP contribution in [-0.2, 0) is 6.54 Å². The Morgan fingerprint density at radius 2 is 2.42 bits per heavy atom. The van der Waals surface area contributed by atoms with Crippen LogP contribution in [0.5, 0.6) is 0 Å². The van der Waals surface area contributed by atoms with Crippen molar-refractivity contribution in [1.82, 2.24) is 4.57 Å². The van der Waals surface area contributed by atoms with Gasteiger partial charge in [0, 0.05) is 12.2 Å². The first-order chi connectivity index (χ1) is 5.70. The number of alkyl halides is 1. The minimum Gasteiger partial charge on any atom is -0.477 e. The summed E-state index contributed by atoms with van der Waals surface area (Å²) < 4.78 is 1.76. The van der Waals surface area contributed by atoms with Crippen molar-refractivity contribution in [3.05, 3.63) is 23.5 Å². The number of hydrogen-bond donors (Lipinski definition) is 1. The fraction of sp³-hybridized carbons (Fsp3) is 0.375. The molecule has 0 bridgehead atoms. The van der Waals surface area contributed by atoms with E-state index in [1.54, 1.807) is 16.7 Å². The summed E-state index contributed by atoms with van der Waals surface area (Å²) in [7, 11) is 0. The van der Waals surface area contributed by atoms with Gasteiger partial charge in [-0.25, -0.2) is 4.79 Å². The SMILES string of the molecule is O=C(O)c1ccc2n1CCC2Cl. The first kappa shape index (κ1) is 7.68. The molecular formula is C8H8ClNO2. The minimum atomic E-state index is -0.882. The van der Waals surface area contributed by atoms with Gasteiger partial charge < -0.3 is 9.67 Å². The normalized spacial score (nSPS) is 20.9. The van der Waals surface area contributed by atoms with E-state index in [0.717, 1.165) is 18.7 Å². The van der Waals surface area contributed by atoms with Crippen LogP contribution in [0, 0.1) is 0 Å². The summed E-state index contributed by atoms with van der Waals surface area (Å²) in [6, 6.07) is 3.39. The van der Waals surface area contributed by atoms with Crippen LogP contribution in [0.25, 0.3) is 0 Å². The maximum atomic E-state index is 10.7. The molecule has 1 N–H and O–H groups in total. The van der Waals surface area contributed by atoms with E-state index < -0.39 is 5.97 Å². The molecule has 12 heavy (non-hydrogen) atoms. The van der Waals surface area contributed by atoms with Gasteiger partial charge in [0.05, 0.1) is 5.38 Å². The van der Waals surface area contributed by atoms with Crippen LogP contribution in [0.2, 0.25) is 0 Å². The molecule has 0 saturated heterocycles. The molecule has 1 aliphatic rings. The second kappa shape index (κ2) is 2.52. The predicted molar refractivity (Wildman–Crippen MR) is 44.6 cm³/mol. The van der Waals surface area contributed by atoms with Gasteiger partial charge in [0.15, 0.2) is 0 Å². The number of rotatable bonds is 1. The molecule has 1 unspecified atom stereocenters. The molecule has 0 saturated carbocycles. The zero-order valence-corrected chi connectivity index (χ0v) is 7.08. The molecule has 2 rings (SSSR count). The summed E-state index contributed by atoms with van der Waals surface area (Å²) >= 11 is 5.95. The fourth-order valence-electron chi connectivity index (χ4n) is 1.58. The number of carbonyl (C=O) groups is 1. The van der Waals surface area contributed by atoms with E-state index in [1.165, 1.54) is 0 Å². The Kier molecular flexibility index (Phi) is 1.61. The molecule has 0 amide bonds. The number of hydrogen-bond acceptors (Lipinski definition) is 1. The average molecular weight is 186 g/mol. The summed E-state index contributed by atoms with van der Waals surface area (Å²) in [6.07, 6.45) is 0.831. The summed E-state index contributed by atoms with van der Waals surface area (Å²) in [5, 5.41) is 8.74. The van der Waals surface area contributed by atoms with Crippen LogP contribution in [0.15, 0.2) is 12.1 Å². The summed E-state index contributed by atoms with van der Waals surface area (Å²) in [5.41, 5.74) is 1.27. The van der Waals surface area contributed by atoms with Gasteiger partial charge in [-0.1, -0.05) is 0 Å². The first-order valence-electron chi connectivity index (χ1n) is 3.77. The molecule has 1 aromatic heterocycles. The van der Waals surface area contributed by atoms with Gasteiger partial charge >= 0.3 is 5.97 Å². The van der Waals surface area contributed by atoms with Crippen LogP contribution in [0.4, 0.5) is 0 Å². The van der Waals surface area contributed by atoms with E-state index in [1.807, 2.05) is 0 Å². The largest absolute Gasteiger partial charge is 0.477 e. The highest BCUT2D eigenvalue weighted by molar-refractivity contribution is 6.20. The third-order valence-corrected chi connectivity index (χ3v) is 2.60. The fourth-order valence-corrected chi connectivity index (χ4v) is 1.87. The van der Waals surface area contributed by atoms with Gasteiger partial charge in [0.25, 0.3) is 0 Å². The number of halogens is 1. The Bertz CT molecular complexity index is 332. The van der Waals surface area contributed by atoms with Crippen molar-refractivity contribution in [3.63, 3.8) is 0 Å². The monoisotopic (exact) mass is 185 g/mol. The van der Waals surface area contributed by atoms with Gasteiger partial charge in [0.1, 0.15) is 5.69 Å². The Labute approximate surface area is 74.6 Å². The molecule has 0 spiro atoms. The number of aromatic nitrogens is 1. The molecule has 0 aliphatic carbocycles. The number of fused-ring (bicyclic) bond motifs is 1. The predicted octanol–water partition coefficient (Wildman–Crippen LogP) is 1.87. The van der Waals surface area contributed by atoms with E-state index >= 15 is 0 Å². The molecule has 1 aromatic rings. The Balaban J connectivity index is 2.49. The topological polar surface area (TPSA) is 42.2 Å². The zero-order valence-electron chi connectivity index (χ0n) is 6.33. The van der Waals surface area contributed by atoms with Crippen molar-refractivity contribution in [1.29, 1.82) is 0 Å². The maximum absolute atomic E-state index is 10.7. The van der Waals surface area contributed by atoms with Gasteiger partial charge in [-0.15, -0.1) is 11.6 Å². The number of carboxylic acid groups (broad SMARTS) is 1. The van der Waals surface area contributed by atoms with Gasteiger partial charge in [0.2, 0.25) is 0 Å². The van der Waals surface area contributed by atoms with Crippen molar-refractivity contribution in [2.75, 3.05) is 0 Å². The Morgan fingerprint density at radius 3 is 3.08 bits per heavy atom. The van der Waals surface area contributed by atoms with E-state index in [9.17, 15) is 4.79 Å². The highest BCUT2D eigenvalue weighted by Gasteiger charge is 2.24. The molecule has 4 heteroatoms. The molecule has 2 heterocycles. The second-order valence-electron chi connectivity index (χ2n) is 2.86. The van der Waals surface area contributed by atoms with Crippen LogP contribution in [0.3, 0.4) is 0 Å². The smallest absolute Gasteiger partial charge is 0.352 e. The highest BCUT2D eigenvalue weighted by Crippen LogP contribution is 2.33. The molecule has 0 aromatic carbocycles. The first-order valence-corrected chi connectivity index (χ1v) is 4.20. The third kappa shape index (κ3) is 0.932. The van der Waals surface area contributed by atoms with Crippen molar-refractivity contribution in [2.24, 2.45) is 0 Å². The van der Waals surface area contributed by atoms with Crippen LogP contribution >= 0.6 is 11.6 Å². The summed E-state index contributed by atoms with van der Waals surface area (Å²) in [4.78, 5) is 10.7. The van der Waals surface area contributed by atoms with Crippen LogP contribution in [-0.4, -0.2) is 15.6 Å². The van der Waals surface area contributed by atoms with E-state index in [2.05, 4.69) is 0 Å². The lowest BCUT2D eigenvalue weighted by Crippen LogP contribution is -2.05. The van der Waals surface area contributed by atoms with E-state index in [-0.39, 0.29) is 5.38 Å². The molecule has 0 fully saturated rings. The number of nitrogens with zero attached hydrogens (tertiary/aromatic N) is 1. The molecule has 1 atom stereocenters. The molecular weight excluding hydrogens is 178 g/mol. The zero-order chi connectivity index (χ0) is 8.72. The van der Waals surface area contributed by atoms with E-state index in [0.29, 0.717) is 5.69 Å². The van der Waals surface area contributed by atoms with Crippen LogP contribution in [0.1, 0.15) is 28.0 Å². The van der Waals surface area contributed by atoms with Crippen molar-refractivity contribution >= 4 is 17.6 Å². The third-order valence-electron chi connectivity index (χ3n) is 2.16. The van der Waals surface area contributed by atoms with Gasteiger partial charge in [-0.3, -0.25) is 0 Å². The standard InChI is InChI=1S/C8H8ClNO2/c9-5-3-4-10-6(5)1-2-7(10)8(11)12/h1-2,5H,3-4H2,(H,11,12). The second-order valence-corrected chi connectivity index (χ2v) is 3.38. The lowest BCUT2D eigenvalue weighted by molar-refractivity contribution is 0.0685. The van der Waals surface area contributed by atoms with Crippen molar-refractivity contribution in [2.45, 2.75) is 18.3 Å². The summed E-state index contributed by atoms with van der Waals surface area (Å²) in [6.45, 7) is 0.720. The number of aromatic carboxylic acids is 1. The Morgan fingerprint density at radius 1 is 1.67 bits per heavy atom. The van der Waals surface area contributed by atoms with Crippen molar-refractivity contribution < 1.29 is 9.90 Å². The molecule has 3 nitrogen and oxygen atoms in total. The Hall–Kier alpha value is -0.960. The molecule has 64 valence electrons. The average Bonchev–Trinajstić information content (AvgIpc) is 2.53. The lowest BCUT2D eigenvalue weighted by Gasteiger charge is -1.99. The molecule has 1 aliphatic heterocycles. The highest BCUT2D eigenvalue weighted by atomic mass is 35.5. The van der Waals surface area contributed by atoms with Crippen molar-refractivity contribution in [3.8, 4) is 0 Å².